The van der Waals surface area contributed by atoms with Gasteiger partial charge in [-0.2, -0.15) is 0 Å². The zero-order valence-corrected chi connectivity index (χ0v) is 10.6. The van der Waals surface area contributed by atoms with Crippen molar-refractivity contribution in [1.82, 2.24) is 4.72 Å². The molecule has 0 aliphatic carbocycles. The maximum absolute atomic E-state index is 11.3. The summed E-state index contributed by atoms with van der Waals surface area (Å²) in [5, 5.41) is 0.823. The zero-order chi connectivity index (χ0) is 10.3. The van der Waals surface area contributed by atoms with Crippen LogP contribution < -0.4 is 4.72 Å². The van der Waals surface area contributed by atoms with E-state index < -0.39 is 10.0 Å². The minimum atomic E-state index is -3.02. The van der Waals surface area contributed by atoms with Crippen LogP contribution in [-0.4, -0.2) is 26.0 Å². The normalized spacial score (nSPS) is 14.4. The van der Waals surface area contributed by atoms with E-state index in [0.29, 0.717) is 12.5 Å². The number of sulfonamides is 1. The average Bonchev–Trinajstić information content (AvgIpc) is 2.11. The monoisotopic (exact) mass is 271 g/mol. The van der Waals surface area contributed by atoms with Crippen molar-refractivity contribution in [3.8, 4) is 0 Å². The quantitative estimate of drug-likeness (QED) is 0.717. The van der Waals surface area contributed by atoms with Crippen molar-refractivity contribution in [2.45, 2.75) is 26.7 Å². The number of nitrogens with one attached hydrogen (secondary N) is 1. The summed E-state index contributed by atoms with van der Waals surface area (Å²) in [6.07, 6.45) is 1.65. The molecule has 0 radical (unpaired) electrons. The van der Waals surface area contributed by atoms with E-state index in [9.17, 15) is 8.42 Å². The fourth-order valence-corrected chi connectivity index (χ4v) is 2.31. The number of rotatable bonds is 7. The van der Waals surface area contributed by atoms with Gasteiger partial charge in [0.25, 0.3) is 0 Å². The Hall–Kier alpha value is 0.390. The molecule has 0 heterocycles. The van der Waals surface area contributed by atoms with Gasteiger partial charge in [0, 0.05) is 11.9 Å². The number of unbranched alkanes of at least 4 members (excludes halogenated alkanes) is 1. The van der Waals surface area contributed by atoms with Crippen LogP contribution in [0.25, 0.3) is 0 Å². The van der Waals surface area contributed by atoms with Crippen molar-refractivity contribution in [3.63, 3.8) is 0 Å². The number of hydrogen-bond donors (Lipinski definition) is 1. The Morgan fingerprint density at radius 2 is 2.08 bits per heavy atom. The third kappa shape index (κ3) is 7.46. The molecule has 0 aromatic carbocycles. The highest BCUT2D eigenvalue weighted by Crippen LogP contribution is 1.99. The third-order valence-corrected chi connectivity index (χ3v) is 4.22. The molecule has 3 nitrogen and oxygen atoms in total. The summed E-state index contributed by atoms with van der Waals surface area (Å²) >= 11 is 3.30. The second-order valence-electron chi connectivity index (χ2n) is 3.28. The number of halogens is 1. The summed E-state index contributed by atoms with van der Waals surface area (Å²) in [4.78, 5) is 0. The van der Waals surface area contributed by atoms with E-state index in [1.807, 2.05) is 13.8 Å². The lowest BCUT2D eigenvalue weighted by molar-refractivity contribution is 0.560. The molecule has 0 spiro atoms. The summed E-state index contributed by atoms with van der Waals surface area (Å²) in [7, 11) is -3.02. The van der Waals surface area contributed by atoms with E-state index in [1.165, 1.54) is 0 Å². The highest BCUT2D eigenvalue weighted by atomic mass is 79.9. The standard InChI is InChI=1S/C8H18BrNO2S/c1-3-4-5-13(11,12)10-7-8(2)6-9/h8,10H,3-7H2,1-2H3. The van der Waals surface area contributed by atoms with Crippen LogP contribution in [-0.2, 0) is 10.0 Å². The van der Waals surface area contributed by atoms with Gasteiger partial charge in [0.05, 0.1) is 5.75 Å². The Balaban J connectivity index is 3.76. The second kappa shape index (κ2) is 6.79. The SMILES string of the molecule is CCCCS(=O)(=O)NCC(C)CBr. The lowest BCUT2D eigenvalue weighted by atomic mass is 10.2. The van der Waals surface area contributed by atoms with Gasteiger partial charge in [0.15, 0.2) is 0 Å². The molecule has 5 heteroatoms. The van der Waals surface area contributed by atoms with Gasteiger partial charge in [-0.25, -0.2) is 13.1 Å². The Bertz CT molecular complexity index is 216. The summed E-state index contributed by atoms with van der Waals surface area (Å²) in [5.41, 5.74) is 0. The van der Waals surface area contributed by atoms with E-state index in [2.05, 4.69) is 20.7 Å². The van der Waals surface area contributed by atoms with Crippen LogP contribution in [0.15, 0.2) is 0 Å². The van der Waals surface area contributed by atoms with E-state index >= 15 is 0 Å². The first-order valence-electron chi connectivity index (χ1n) is 4.55. The van der Waals surface area contributed by atoms with Gasteiger partial charge in [0.2, 0.25) is 10.0 Å². The largest absolute Gasteiger partial charge is 0.215 e. The third-order valence-electron chi connectivity index (χ3n) is 1.68. The van der Waals surface area contributed by atoms with E-state index in [1.54, 1.807) is 0 Å². The van der Waals surface area contributed by atoms with Gasteiger partial charge in [-0.15, -0.1) is 0 Å². The van der Waals surface area contributed by atoms with Crippen LogP contribution in [0.2, 0.25) is 0 Å². The molecular formula is C8H18BrNO2S. The van der Waals surface area contributed by atoms with Crippen molar-refractivity contribution in [1.29, 1.82) is 0 Å². The van der Waals surface area contributed by atoms with Crippen LogP contribution in [0.3, 0.4) is 0 Å². The fourth-order valence-electron chi connectivity index (χ4n) is 0.730. The maximum atomic E-state index is 11.3. The van der Waals surface area contributed by atoms with Crippen molar-refractivity contribution in [2.24, 2.45) is 5.92 Å². The smallest absolute Gasteiger partial charge is 0.211 e. The number of alkyl halides is 1. The topological polar surface area (TPSA) is 46.2 Å². The van der Waals surface area contributed by atoms with Gasteiger partial charge < -0.3 is 0 Å². The van der Waals surface area contributed by atoms with E-state index in [4.69, 9.17) is 0 Å². The molecule has 1 N–H and O–H groups in total. The van der Waals surface area contributed by atoms with Crippen molar-refractivity contribution < 1.29 is 8.42 Å². The molecule has 0 saturated carbocycles. The second-order valence-corrected chi connectivity index (χ2v) is 5.85. The lowest BCUT2D eigenvalue weighted by Crippen LogP contribution is -2.30. The molecule has 0 amide bonds. The highest BCUT2D eigenvalue weighted by molar-refractivity contribution is 9.09. The van der Waals surface area contributed by atoms with Crippen molar-refractivity contribution >= 4 is 26.0 Å². The Kier molecular flexibility index (Phi) is 6.99. The first-order valence-corrected chi connectivity index (χ1v) is 7.32. The molecule has 0 aromatic rings. The van der Waals surface area contributed by atoms with E-state index in [0.717, 1.165) is 18.2 Å². The molecule has 0 fully saturated rings. The predicted octanol–water partition coefficient (Wildman–Crippen LogP) is 1.74. The zero-order valence-electron chi connectivity index (χ0n) is 8.22. The van der Waals surface area contributed by atoms with Gasteiger partial charge in [-0.1, -0.05) is 36.2 Å². The Labute approximate surface area is 89.5 Å². The lowest BCUT2D eigenvalue weighted by Gasteiger charge is -2.09. The molecule has 0 rings (SSSR count). The molecule has 13 heavy (non-hydrogen) atoms. The predicted molar refractivity (Wildman–Crippen MR) is 59.7 cm³/mol. The van der Waals surface area contributed by atoms with Crippen LogP contribution in [0.1, 0.15) is 26.7 Å². The molecule has 1 unspecified atom stereocenters. The van der Waals surface area contributed by atoms with Crippen LogP contribution in [0, 0.1) is 5.92 Å². The minimum absolute atomic E-state index is 0.249. The molecule has 0 bridgehead atoms. The maximum Gasteiger partial charge on any atom is 0.211 e. The van der Waals surface area contributed by atoms with Crippen LogP contribution in [0.4, 0.5) is 0 Å². The molecule has 0 saturated heterocycles. The first kappa shape index (κ1) is 13.4. The van der Waals surface area contributed by atoms with Crippen molar-refractivity contribution in [3.05, 3.63) is 0 Å². The molecule has 1 atom stereocenters. The average molecular weight is 272 g/mol. The summed E-state index contributed by atoms with van der Waals surface area (Å²) < 4.78 is 25.2. The highest BCUT2D eigenvalue weighted by Gasteiger charge is 2.10. The molecule has 80 valence electrons. The molecular weight excluding hydrogens is 254 g/mol. The van der Waals surface area contributed by atoms with Crippen LogP contribution >= 0.6 is 15.9 Å². The van der Waals surface area contributed by atoms with Gasteiger partial charge in [-0.05, 0) is 12.3 Å². The first-order chi connectivity index (χ1) is 6.02. The summed E-state index contributed by atoms with van der Waals surface area (Å²) in [6.45, 7) is 4.50. The number of hydrogen-bond acceptors (Lipinski definition) is 2. The van der Waals surface area contributed by atoms with Gasteiger partial charge in [-0.3, -0.25) is 0 Å². The summed E-state index contributed by atoms with van der Waals surface area (Å²) in [5.74, 6) is 0.592. The summed E-state index contributed by atoms with van der Waals surface area (Å²) in [6, 6.07) is 0. The molecule has 0 aliphatic rings. The van der Waals surface area contributed by atoms with Crippen LogP contribution in [0.5, 0.6) is 0 Å². The molecule has 0 aromatic heterocycles. The fraction of sp³-hybridized carbons (Fsp3) is 1.00. The Morgan fingerprint density at radius 1 is 1.46 bits per heavy atom. The van der Waals surface area contributed by atoms with Crippen molar-refractivity contribution in [2.75, 3.05) is 17.6 Å². The Morgan fingerprint density at radius 3 is 2.54 bits per heavy atom. The molecule has 0 aliphatic heterocycles. The van der Waals surface area contributed by atoms with Gasteiger partial charge >= 0.3 is 0 Å². The van der Waals surface area contributed by atoms with Gasteiger partial charge in [0.1, 0.15) is 0 Å². The van der Waals surface area contributed by atoms with E-state index in [-0.39, 0.29) is 5.75 Å². The minimum Gasteiger partial charge on any atom is -0.215 e.